The molecule has 0 aliphatic heterocycles. The van der Waals surface area contributed by atoms with Gasteiger partial charge in [-0.2, -0.15) is 0 Å². The van der Waals surface area contributed by atoms with Crippen molar-refractivity contribution in [3.8, 4) is 0 Å². The molecule has 0 fully saturated rings. The van der Waals surface area contributed by atoms with E-state index in [9.17, 15) is 18.0 Å². The number of hydrogen-bond donors (Lipinski definition) is 1. The maximum absolute atomic E-state index is 14.2. The number of amides is 2. The van der Waals surface area contributed by atoms with E-state index in [0.29, 0.717) is 21.3 Å². The summed E-state index contributed by atoms with van der Waals surface area (Å²) in [4.78, 5) is 29.4. The molecule has 3 rings (SSSR count). The number of aryl methyl sites for hydroxylation is 1. The maximum Gasteiger partial charge on any atom is 0.244 e. The monoisotopic (exact) mass is 617 g/mol. The standard InChI is InChI=1S/C31H37Cl2N3O4S/c1-21-11-10-14-27(22(21)2)36(41(6,39)40)20-29(37)35(19-24-15-16-25(32)18-26(24)33)28(30(38)34-31(3,4)5)17-23-12-8-7-9-13-23/h7-16,18,28H,17,19-20H2,1-6H3,(H,34,38). The average molecular weight is 619 g/mol. The van der Waals surface area contributed by atoms with E-state index >= 15 is 0 Å². The molecule has 2 amide bonds. The van der Waals surface area contributed by atoms with Crippen molar-refractivity contribution in [2.24, 2.45) is 0 Å². The zero-order valence-electron chi connectivity index (χ0n) is 24.2. The highest BCUT2D eigenvalue weighted by molar-refractivity contribution is 7.92. The molecule has 0 aromatic heterocycles. The molecule has 0 aliphatic carbocycles. The maximum atomic E-state index is 14.2. The van der Waals surface area contributed by atoms with Crippen LogP contribution in [-0.4, -0.2) is 49.5 Å². The van der Waals surface area contributed by atoms with Gasteiger partial charge in [0.05, 0.1) is 11.9 Å². The molecule has 10 heteroatoms. The molecule has 1 N–H and O–H groups in total. The van der Waals surface area contributed by atoms with Crippen LogP contribution in [0.25, 0.3) is 0 Å². The zero-order valence-corrected chi connectivity index (χ0v) is 26.6. The lowest BCUT2D eigenvalue weighted by Gasteiger charge is -2.35. The van der Waals surface area contributed by atoms with Crippen LogP contribution in [0.15, 0.2) is 66.7 Å². The number of sulfonamides is 1. The highest BCUT2D eigenvalue weighted by Gasteiger charge is 2.35. The molecule has 220 valence electrons. The first-order chi connectivity index (χ1) is 19.1. The van der Waals surface area contributed by atoms with Gasteiger partial charge in [0, 0.05) is 28.5 Å². The van der Waals surface area contributed by atoms with Crippen molar-refractivity contribution >= 4 is 50.7 Å². The summed E-state index contributed by atoms with van der Waals surface area (Å²) in [5.41, 5.74) is 2.88. The molecule has 7 nitrogen and oxygen atoms in total. The molecule has 1 unspecified atom stereocenters. The number of anilines is 1. The van der Waals surface area contributed by atoms with E-state index in [-0.39, 0.29) is 18.9 Å². The van der Waals surface area contributed by atoms with Crippen molar-refractivity contribution in [2.75, 3.05) is 17.1 Å². The Balaban J connectivity index is 2.13. The van der Waals surface area contributed by atoms with E-state index in [1.807, 2.05) is 71.0 Å². The van der Waals surface area contributed by atoms with Crippen LogP contribution < -0.4 is 9.62 Å². The highest BCUT2D eigenvalue weighted by atomic mass is 35.5. The van der Waals surface area contributed by atoms with E-state index in [1.54, 1.807) is 30.3 Å². The fraction of sp³-hybridized carbons (Fsp3) is 0.355. The second-order valence-electron chi connectivity index (χ2n) is 11.2. The van der Waals surface area contributed by atoms with Crippen molar-refractivity contribution < 1.29 is 18.0 Å². The molecule has 0 radical (unpaired) electrons. The Labute approximate surface area is 253 Å². The van der Waals surface area contributed by atoms with Gasteiger partial charge in [0.1, 0.15) is 12.6 Å². The van der Waals surface area contributed by atoms with E-state index in [4.69, 9.17) is 23.2 Å². The number of halogens is 2. The normalized spacial score (nSPS) is 12.5. The molecule has 1 atom stereocenters. The minimum atomic E-state index is -3.86. The van der Waals surface area contributed by atoms with Gasteiger partial charge < -0.3 is 10.2 Å². The van der Waals surface area contributed by atoms with Gasteiger partial charge >= 0.3 is 0 Å². The molecule has 3 aromatic rings. The Morgan fingerprint density at radius 2 is 1.61 bits per heavy atom. The van der Waals surface area contributed by atoms with Crippen molar-refractivity contribution in [1.82, 2.24) is 10.2 Å². The third kappa shape index (κ3) is 8.96. The van der Waals surface area contributed by atoms with Crippen LogP contribution in [0.4, 0.5) is 5.69 Å². The third-order valence-electron chi connectivity index (χ3n) is 6.65. The van der Waals surface area contributed by atoms with E-state index < -0.39 is 34.1 Å². The topological polar surface area (TPSA) is 86.8 Å². The van der Waals surface area contributed by atoms with Gasteiger partial charge in [-0.1, -0.05) is 71.7 Å². The number of hydrogen-bond acceptors (Lipinski definition) is 4. The Bertz CT molecular complexity index is 1510. The number of nitrogens with zero attached hydrogens (tertiary/aromatic N) is 2. The van der Waals surface area contributed by atoms with Crippen LogP contribution in [0.2, 0.25) is 10.0 Å². The summed E-state index contributed by atoms with van der Waals surface area (Å²) in [6, 6.07) is 18.6. The van der Waals surface area contributed by atoms with Gasteiger partial charge in [0.15, 0.2) is 0 Å². The number of nitrogens with one attached hydrogen (secondary N) is 1. The molecule has 0 spiro atoms. The Kier molecular flexibility index (Phi) is 10.5. The first-order valence-electron chi connectivity index (χ1n) is 13.2. The number of carbonyl (C=O) groups is 2. The van der Waals surface area contributed by atoms with Crippen molar-refractivity contribution in [3.63, 3.8) is 0 Å². The number of carbonyl (C=O) groups excluding carboxylic acids is 2. The summed E-state index contributed by atoms with van der Waals surface area (Å²) < 4.78 is 27.1. The molecular formula is C31H37Cl2N3O4S. The third-order valence-corrected chi connectivity index (χ3v) is 8.36. The largest absolute Gasteiger partial charge is 0.350 e. The Morgan fingerprint density at radius 1 is 0.951 bits per heavy atom. The van der Waals surface area contributed by atoms with E-state index in [1.165, 1.54) is 4.90 Å². The summed E-state index contributed by atoms with van der Waals surface area (Å²) in [6.07, 6.45) is 1.28. The second-order valence-corrected chi connectivity index (χ2v) is 13.9. The van der Waals surface area contributed by atoms with Crippen molar-refractivity contribution in [1.29, 1.82) is 0 Å². The van der Waals surface area contributed by atoms with Gasteiger partial charge in [-0.3, -0.25) is 13.9 Å². The summed E-state index contributed by atoms with van der Waals surface area (Å²) in [6.45, 7) is 8.74. The summed E-state index contributed by atoms with van der Waals surface area (Å²) in [5, 5.41) is 3.76. The minimum Gasteiger partial charge on any atom is -0.350 e. The highest BCUT2D eigenvalue weighted by Crippen LogP contribution is 2.27. The van der Waals surface area contributed by atoms with Gasteiger partial charge in [-0.25, -0.2) is 8.42 Å². The number of benzene rings is 3. The average Bonchev–Trinajstić information content (AvgIpc) is 2.86. The lowest BCUT2D eigenvalue weighted by Crippen LogP contribution is -2.56. The Morgan fingerprint density at radius 3 is 2.20 bits per heavy atom. The van der Waals surface area contributed by atoms with E-state index in [2.05, 4.69) is 5.32 Å². The lowest BCUT2D eigenvalue weighted by molar-refractivity contribution is -0.140. The molecule has 3 aromatic carbocycles. The smallest absolute Gasteiger partial charge is 0.244 e. The lowest BCUT2D eigenvalue weighted by atomic mass is 10.0. The van der Waals surface area contributed by atoms with Gasteiger partial charge in [0.2, 0.25) is 21.8 Å². The molecule has 0 bridgehead atoms. The van der Waals surface area contributed by atoms with Crippen LogP contribution >= 0.6 is 23.2 Å². The van der Waals surface area contributed by atoms with Crippen molar-refractivity contribution in [3.05, 3.63) is 99.0 Å². The number of rotatable bonds is 10. The van der Waals surface area contributed by atoms with Crippen LogP contribution in [0.5, 0.6) is 0 Å². The second kappa shape index (κ2) is 13.3. The van der Waals surface area contributed by atoms with E-state index in [0.717, 1.165) is 27.3 Å². The zero-order chi connectivity index (χ0) is 30.5. The fourth-order valence-electron chi connectivity index (χ4n) is 4.44. The van der Waals surface area contributed by atoms with Crippen LogP contribution in [0.1, 0.15) is 43.0 Å². The molecule has 0 saturated carbocycles. The van der Waals surface area contributed by atoms with Gasteiger partial charge in [0.25, 0.3) is 0 Å². The molecule has 0 heterocycles. The molecular weight excluding hydrogens is 581 g/mol. The molecule has 0 aliphatic rings. The quantitative estimate of drug-likeness (QED) is 0.305. The first-order valence-corrected chi connectivity index (χ1v) is 15.8. The predicted octanol–water partition coefficient (Wildman–Crippen LogP) is 5.93. The SMILES string of the molecule is Cc1cccc(N(CC(=O)N(Cc2ccc(Cl)cc2Cl)C(Cc2ccccc2)C(=O)NC(C)(C)C)S(C)(=O)=O)c1C. The van der Waals surface area contributed by atoms with Crippen LogP contribution in [0.3, 0.4) is 0 Å². The fourth-order valence-corrected chi connectivity index (χ4v) is 5.81. The Hall–Kier alpha value is -3.07. The molecule has 41 heavy (non-hydrogen) atoms. The minimum absolute atomic E-state index is 0.0334. The van der Waals surface area contributed by atoms with Crippen LogP contribution in [-0.2, 0) is 32.6 Å². The van der Waals surface area contributed by atoms with Gasteiger partial charge in [-0.15, -0.1) is 0 Å². The van der Waals surface area contributed by atoms with Crippen molar-refractivity contribution in [2.45, 2.75) is 59.2 Å². The summed E-state index contributed by atoms with van der Waals surface area (Å²) in [7, 11) is -3.86. The first kappa shape index (κ1) is 32.4. The van der Waals surface area contributed by atoms with Crippen LogP contribution in [0, 0.1) is 13.8 Å². The summed E-state index contributed by atoms with van der Waals surface area (Å²) >= 11 is 12.6. The summed E-state index contributed by atoms with van der Waals surface area (Å²) in [5.74, 6) is -0.912. The predicted molar refractivity (Wildman–Crippen MR) is 167 cm³/mol. The molecule has 0 saturated heterocycles. The van der Waals surface area contributed by atoms with Gasteiger partial charge in [-0.05, 0) is 75.1 Å².